The minimum absolute atomic E-state index is 0.0518. The third-order valence-corrected chi connectivity index (χ3v) is 3.91. The molecule has 0 saturated carbocycles. The first-order chi connectivity index (χ1) is 7.12. The quantitative estimate of drug-likeness (QED) is 0.704. The topological polar surface area (TPSA) is 17.1 Å². The lowest BCUT2D eigenvalue weighted by Gasteiger charge is -2.34. The first-order valence-electron chi connectivity index (χ1n) is 5.07. The number of carbonyl (C=O) groups is 1. The lowest BCUT2D eigenvalue weighted by molar-refractivity contribution is -0.143. The van der Waals surface area contributed by atoms with Crippen LogP contribution in [-0.4, -0.2) is 16.3 Å². The number of ketones is 1. The summed E-state index contributed by atoms with van der Waals surface area (Å²) in [4.78, 5) is 11.4. The minimum atomic E-state index is -4.21. The number of Topliss-reactive ketones (excluding diaryl/α,β-unsaturated/α-hetero) is 1. The van der Waals surface area contributed by atoms with Gasteiger partial charge in [0.15, 0.2) is 5.78 Å². The molecule has 0 N–H and O–H groups in total. The monoisotopic (exact) mass is 298 g/mol. The molecule has 0 aromatic heterocycles. The van der Waals surface area contributed by atoms with Gasteiger partial charge in [-0.25, -0.2) is 0 Å². The lowest BCUT2D eigenvalue weighted by atomic mass is 9.79. The van der Waals surface area contributed by atoms with Crippen LogP contribution in [0, 0.1) is 5.92 Å². The van der Waals surface area contributed by atoms with Gasteiger partial charge in [-0.15, -0.1) is 0 Å². The number of alkyl halides is 4. The highest BCUT2D eigenvalue weighted by atomic mass is 79.9. The fourth-order valence-electron chi connectivity index (χ4n) is 1.90. The zero-order valence-corrected chi connectivity index (χ0v) is 10.8. The van der Waals surface area contributed by atoms with Crippen molar-refractivity contribution in [3.8, 4) is 0 Å². The molecule has 2 atom stereocenters. The SMILES string of the molecule is CC1=CC[C@H](C(C)(Br)CC(F)(F)F)CC1=O. The maximum atomic E-state index is 12.3. The molecule has 0 bridgehead atoms. The van der Waals surface area contributed by atoms with Gasteiger partial charge in [-0.05, 0) is 31.8 Å². The summed E-state index contributed by atoms with van der Waals surface area (Å²) in [7, 11) is 0. The van der Waals surface area contributed by atoms with Gasteiger partial charge in [0.1, 0.15) is 0 Å². The van der Waals surface area contributed by atoms with E-state index < -0.39 is 16.9 Å². The van der Waals surface area contributed by atoms with Gasteiger partial charge < -0.3 is 0 Å². The Morgan fingerprint density at radius 2 is 2.06 bits per heavy atom. The van der Waals surface area contributed by atoms with E-state index in [0.717, 1.165) is 0 Å². The molecule has 0 aromatic carbocycles. The Bertz CT molecular complexity index is 318. The van der Waals surface area contributed by atoms with Crippen molar-refractivity contribution < 1.29 is 18.0 Å². The van der Waals surface area contributed by atoms with E-state index in [0.29, 0.717) is 12.0 Å². The smallest absolute Gasteiger partial charge is 0.295 e. The second-order valence-electron chi connectivity index (χ2n) is 4.52. The molecule has 0 radical (unpaired) electrons. The average Bonchev–Trinajstić information content (AvgIpc) is 2.05. The number of hydrogen-bond donors (Lipinski definition) is 0. The van der Waals surface area contributed by atoms with E-state index in [9.17, 15) is 18.0 Å². The van der Waals surface area contributed by atoms with Crippen molar-refractivity contribution in [2.45, 2.75) is 43.6 Å². The summed E-state index contributed by atoms with van der Waals surface area (Å²) in [6.45, 7) is 3.21. The van der Waals surface area contributed by atoms with Crippen molar-refractivity contribution in [2.75, 3.05) is 0 Å². The van der Waals surface area contributed by atoms with Crippen molar-refractivity contribution in [3.63, 3.8) is 0 Å². The fraction of sp³-hybridized carbons (Fsp3) is 0.727. The normalized spacial score (nSPS) is 26.2. The van der Waals surface area contributed by atoms with E-state index in [2.05, 4.69) is 15.9 Å². The van der Waals surface area contributed by atoms with Crippen LogP contribution in [0.4, 0.5) is 13.2 Å². The average molecular weight is 299 g/mol. The van der Waals surface area contributed by atoms with Crippen LogP contribution in [0.5, 0.6) is 0 Å². The van der Waals surface area contributed by atoms with Crippen LogP contribution in [0.2, 0.25) is 0 Å². The number of carbonyl (C=O) groups excluding carboxylic acids is 1. The second-order valence-corrected chi connectivity index (χ2v) is 6.33. The Hall–Kier alpha value is -0.320. The van der Waals surface area contributed by atoms with Gasteiger partial charge in [0, 0.05) is 10.7 Å². The molecule has 92 valence electrons. The van der Waals surface area contributed by atoms with Crippen molar-refractivity contribution in [1.82, 2.24) is 0 Å². The molecule has 1 rings (SSSR count). The Balaban J connectivity index is 2.75. The van der Waals surface area contributed by atoms with Crippen LogP contribution in [0.3, 0.4) is 0 Å². The van der Waals surface area contributed by atoms with E-state index in [1.807, 2.05) is 0 Å². The Labute approximate surface area is 101 Å². The highest BCUT2D eigenvalue weighted by Gasteiger charge is 2.43. The van der Waals surface area contributed by atoms with Gasteiger partial charge in [-0.1, -0.05) is 22.0 Å². The Kier molecular flexibility index (Phi) is 3.87. The molecule has 0 aliphatic heterocycles. The predicted octanol–water partition coefficient (Wildman–Crippen LogP) is 4.02. The molecule has 1 unspecified atom stereocenters. The number of hydrogen-bond acceptors (Lipinski definition) is 1. The van der Waals surface area contributed by atoms with Crippen LogP contribution in [-0.2, 0) is 4.79 Å². The molecule has 1 aliphatic carbocycles. The summed E-state index contributed by atoms with van der Waals surface area (Å²) in [5.74, 6) is -0.338. The predicted molar refractivity (Wildman–Crippen MR) is 59.5 cm³/mol. The third-order valence-electron chi connectivity index (χ3n) is 2.98. The standard InChI is InChI=1S/C11H14BrF3O/c1-7-3-4-8(5-9(7)16)10(2,12)6-11(13,14)15/h3,8H,4-6H2,1-2H3/t8-,10?/m0/s1. The van der Waals surface area contributed by atoms with Crippen LogP contribution < -0.4 is 0 Å². The molecule has 1 nitrogen and oxygen atoms in total. The summed E-state index contributed by atoms with van der Waals surface area (Å²) in [5, 5.41) is 0. The summed E-state index contributed by atoms with van der Waals surface area (Å²) < 4.78 is 36.0. The van der Waals surface area contributed by atoms with Gasteiger partial charge in [0.25, 0.3) is 0 Å². The maximum Gasteiger partial charge on any atom is 0.390 e. The highest BCUT2D eigenvalue weighted by molar-refractivity contribution is 9.10. The molecule has 0 fully saturated rings. The van der Waals surface area contributed by atoms with E-state index in [1.165, 1.54) is 6.92 Å². The molecule has 0 heterocycles. The molecule has 5 heteroatoms. The van der Waals surface area contributed by atoms with Crippen molar-refractivity contribution in [2.24, 2.45) is 5.92 Å². The lowest BCUT2D eigenvalue weighted by Crippen LogP contribution is -2.36. The van der Waals surface area contributed by atoms with Crippen LogP contribution in [0.15, 0.2) is 11.6 Å². The van der Waals surface area contributed by atoms with Crippen molar-refractivity contribution in [3.05, 3.63) is 11.6 Å². The molecular weight excluding hydrogens is 285 g/mol. The minimum Gasteiger partial charge on any atom is -0.295 e. The Morgan fingerprint density at radius 3 is 2.50 bits per heavy atom. The molecule has 0 amide bonds. The van der Waals surface area contributed by atoms with E-state index in [4.69, 9.17) is 0 Å². The van der Waals surface area contributed by atoms with E-state index in [1.54, 1.807) is 13.0 Å². The fourth-order valence-corrected chi connectivity index (χ4v) is 2.56. The van der Waals surface area contributed by atoms with Gasteiger partial charge in [0.05, 0.1) is 6.42 Å². The number of halogens is 4. The zero-order valence-electron chi connectivity index (χ0n) is 9.20. The zero-order chi connectivity index (χ0) is 12.6. The van der Waals surface area contributed by atoms with Crippen molar-refractivity contribution in [1.29, 1.82) is 0 Å². The van der Waals surface area contributed by atoms with Gasteiger partial charge in [-0.3, -0.25) is 4.79 Å². The van der Waals surface area contributed by atoms with Gasteiger partial charge >= 0.3 is 6.18 Å². The highest BCUT2D eigenvalue weighted by Crippen LogP contribution is 2.43. The van der Waals surface area contributed by atoms with Crippen LogP contribution in [0.1, 0.15) is 33.1 Å². The number of allylic oxidation sites excluding steroid dienone is 2. The summed E-state index contributed by atoms with van der Waals surface area (Å²) in [6, 6.07) is 0. The molecular formula is C11H14BrF3O. The summed E-state index contributed by atoms with van der Waals surface area (Å²) >= 11 is 3.13. The van der Waals surface area contributed by atoms with Crippen molar-refractivity contribution >= 4 is 21.7 Å². The van der Waals surface area contributed by atoms with Crippen LogP contribution >= 0.6 is 15.9 Å². The summed E-state index contributed by atoms with van der Waals surface area (Å²) in [5.41, 5.74) is 0.659. The number of rotatable bonds is 2. The second kappa shape index (κ2) is 4.51. The molecule has 16 heavy (non-hydrogen) atoms. The van der Waals surface area contributed by atoms with Gasteiger partial charge in [0.2, 0.25) is 0 Å². The van der Waals surface area contributed by atoms with Gasteiger partial charge in [-0.2, -0.15) is 13.2 Å². The maximum absolute atomic E-state index is 12.3. The summed E-state index contributed by atoms with van der Waals surface area (Å²) in [6.07, 6.45) is -2.68. The first kappa shape index (κ1) is 13.7. The molecule has 0 saturated heterocycles. The third kappa shape index (κ3) is 3.61. The molecule has 0 spiro atoms. The van der Waals surface area contributed by atoms with E-state index >= 15 is 0 Å². The van der Waals surface area contributed by atoms with Crippen LogP contribution in [0.25, 0.3) is 0 Å². The molecule has 0 aromatic rings. The Morgan fingerprint density at radius 1 is 1.50 bits per heavy atom. The van der Waals surface area contributed by atoms with E-state index in [-0.39, 0.29) is 18.1 Å². The largest absolute Gasteiger partial charge is 0.390 e. The molecule has 1 aliphatic rings. The first-order valence-corrected chi connectivity index (χ1v) is 5.87.